The SMILES string of the molecule is CC(=O)N(Cc1cc2cccc(C)c2[nH]c1=O)C(C)(C)C. The van der Waals surface area contributed by atoms with Gasteiger partial charge in [0.05, 0.1) is 12.1 Å². The van der Waals surface area contributed by atoms with Crippen LogP contribution >= 0.6 is 0 Å². The van der Waals surface area contributed by atoms with Crippen LogP contribution < -0.4 is 5.56 Å². The van der Waals surface area contributed by atoms with Crippen molar-refractivity contribution >= 4 is 16.8 Å². The summed E-state index contributed by atoms with van der Waals surface area (Å²) >= 11 is 0. The summed E-state index contributed by atoms with van der Waals surface area (Å²) in [4.78, 5) is 28.8. The Morgan fingerprint density at radius 3 is 2.52 bits per heavy atom. The standard InChI is InChI=1S/C17H22N2O2/c1-11-7-6-8-13-9-14(16(21)18-15(11)13)10-19(12(2)20)17(3,4)5/h6-9H,10H2,1-5H3,(H,18,21). The highest BCUT2D eigenvalue weighted by atomic mass is 16.2. The van der Waals surface area contributed by atoms with Gasteiger partial charge in [-0.15, -0.1) is 0 Å². The largest absolute Gasteiger partial charge is 0.334 e. The van der Waals surface area contributed by atoms with E-state index in [1.54, 1.807) is 4.90 Å². The van der Waals surface area contributed by atoms with Gasteiger partial charge in [0.25, 0.3) is 5.56 Å². The van der Waals surface area contributed by atoms with Gasteiger partial charge >= 0.3 is 0 Å². The zero-order valence-electron chi connectivity index (χ0n) is 13.3. The first-order valence-electron chi connectivity index (χ1n) is 7.10. The topological polar surface area (TPSA) is 53.2 Å². The monoisotopic (exact) mass is 286 g/mol. The molecule has 4 heteroatoms. The van der Waals surface area contributed by atoms with Crippen molar-refractivity contribution in [1.82, 2.24) is 9.88 Å². The normalized spacial score (nSPS) is 11.7. The van der Waals surface area contributed by atoms with Crippen LogP contribution in [0.15, 0.2) is 29.1 Å². The molecule has 21 heavy (non-hydrogen) atoms. The van der Waals surface area contributed by atoms with Crippen molar-refractivity contribution in [2.45, 2.75) is 46.7 Å². The van der Waals surface area contributed by atoms with Gasteiger partial charge in [-0.3, -0.25) is 9.59 Å². The number of carbonyl (C=O) groups is 1. The summed E-state index contributed by atoms with van der Waals surface area (Å²) in [6.45, 7) is 9.72. The third-order valence-corrected chi connectivity index (χ3v) is 3.68. The van der Waals surface area contributed by atoms with Crippen LogP contribution in [0.3, 0.4) is 0 Å². The molecular weight excluding hydrogens is 264 g/mol. The van der Waals surface area contributed by atoms with Crippen molar-refractivity contribution in [3.63, 3.8) is 0 Å². The number of carbonyl (C=O) groups excluding carboxylic acids is 1. The number of fused-ring (bicyclic) bond motifs is 1. The predicted octanol–water partition coefficient (Wildman–Crippen LogP) is 2.98. The van der Waals surface area contributed by atoms with Crippen molar-refractivity contribution < 1.29 is 4.79 Å². The number of rotatable bonds is 2. The highest BCUT2D eigenvalue weighted by Crippen LogP contribution is 2.19. The van der Waals surface area contributed by atoms with Crippen LogP contribution in [0.2, 0.25) is 0 Å². The predicted molar refractivity (Wildman–Crippen MR) is 85.3 cm³/mol. The summed E-state index contributed by atoms with van der Waals surface area (Å²) in [6.07, 6.45) is 0. The van der Waals surface area contributed by atoms with Crippen LogP contribution in [0.4, 0.5) is 0 Å². The molecular formula is C17H22N2O2. The molecule has 0 unspecified atom stereocenters. The number of aromatic nitrogens is 1. The quantitative estimate of drug-likeness (QED) is 0.922. The van der Waals surface area contributed by atoms with Gasteiger partial charge in [0.1, 0.15) is 0 Å². The van der Waals surface area contributed by atoms with Crippen molar-refractivity contribution in [1.29, 1.82) is 0 Å². The Kier molecular flexibility index (Phi) is 3.90. The maximum Gasteiger partial charge on any atom is 0.253 e. The molecule has 1 aromatic heterocycles. The number of hydrogen-bond donors (Lipinski definition) is 1. The number of nitrogens with one attached hydrogen (secondary N) is 1. The molecule has 112 valence electrons. The van der Waals surface area contributed by atoms with Crippen molar-refractivity contribution in [2.75, 3.05) is 0 Å². The summed E-state index contributed by atoms with van der Waals surface area (Å²) < 4.78 is 0. The van der Waals surface area contributed by atoms with E-state index in [9.17, 15) is 9.59 Å². The van der Waals surface area contributed by atoms with E-state index in [2.05, 4.69) is 4.98 Å². The van der Waals surface area contributed by atoms with Crippen LogP contribution in [0.25, 0.3) is 10.9 Å². The maximum atomic E-state index is 12.3. The molecule has 4 nitrogen and oxygen atoms in total. The fraction of sp³-hybridized carbons (Fsp3) is 0.412. The average molecular weight is 286 g/mol. The summed E-state index contributed by atoms with van der Waals surface area (Å²) in [5, 5.41) is 0.988. The van der Waals surface area contributed by atoms with E-state index >= 15 is 0 Å². The Morgan fingerprint density at radius 1 is 1.29 bits per heavy atom. The van der Waals surface area contributed by atoms with Crippen LogP contribution in [-0.2, 0) is 11.3 Å². The molecule has 0 saturated heterocycles. The lowest BCUT2D eigenvalue weighted by Gasteiger charge is -2.34. The maximum absolute atomic E-state index is 12.3. The number of aromatic amines is 1. The Morgan fingerprint density at radius 2 is 1.95 bits per heavy atom. The Bertz CT molecular complexity index is 739. The molecule has 0 saturated carbocycles. The fourth-order valence-corrected chi connectivity index (χ4v) is 2.54. The number of aryl methyl sites for hydroxylation is 1. The smallest absolute Gasteiger partial charge is 0.253 e. The number of benzene rings is 1. The van der Waals surface area contributed by atoms with Crippen LogP contribution in [-0.4, -0.2) is 21.3 Å². The summed E-state index contributed by atoms with van der Waals surface area (Å²) in [5.74, 6) is -0.0359. The molecule has 0 spiro atoms. The number of hydrogen-bond acceptors (Lipinski definition) is 2. The van der Waals surface area contributed by atoms with Gasteiger partial charge in [-0.25, -0.2) is 0 Å². The molecule has 2 rings (SSSR count). The summed E-state index contributed by atoms with van der Waals surface area (Å²) in [7, 11) is 0. The van der Waals surface area contributed by atoms with E-state index in [4.69, 9.17) is 0 Å². The Labute approximate surface area is 124 Å². The van der Waals surface area contributed by atoms with E-state index in [0.717, 1.165) is 16.5 Å². The molecule has 1 N–H and O–H groups in total. The molecule has 0 aliphatic carbocycles. The van der Waals surface area contributed by atoms with Gasteiger partial charge in [-0.2, -0.15) is 0 Å². The number of nitrogens with zero attached hydrogens (tertiary/aromatic N) is 1. The second kappa shape index (κ2) is 5.35. The van der Waals surface area contributed by atoms with Crippen LogP contribution in [0.5, 0.6) is 0 Å². The lowest BCUT2D eigenvalue weighted by molar-refractivity contribution is -0.134. The molecule has 0 atom stereocenters. The van der Waals surface area contributed by atoms with Crippen molar-refractivity contribution in [3.8, 4) is 0 Å². The summed E-state index contributed by atoms with van der Waals surface area (Å²) in [5.41, 5.74) is 2.05. The molecule has 1 heterocycles. The van der Waals surface area contributed by atoms with Gasteiger partial charge in [-0.1, -0.05) is 18.2 Å². The van der Waals surface area contributed by atoms with E-state index in [0.29, 0.717) is 12.1 Å². The number of H-pyrrole nitrogens is 1. The lowest BCUT2D eigenvalue weighted by Crippen LogP contribution is -2.44. The average Bonchev–Trinajstić information content (AvgIpc) is 2.35. The molecule has 0 bridgehead atoms. The first-order valence-corrected chi connectivity index (χ1v) is 7.10. The highest BCUT2D eigenvalue weighted by molar-refractivity contribution is 5.82. The number of amides is 1. The third-order valence-electron chi connectivity index (χ3n) is 3.68. The van der Waals surface area contributed by atoms with Gasteiger partial charge in [0, 0.05) is 18.0 Å². The van der Waals surface area contributed by atoms with Gasteiger partial charge in [0.15, 0.2) is 0 Å². The van der Waals surface area contributed by atoms with Crippen LogP contribution in [0, 0.1) is 6.92 Å². The number of pyridine rings is 1. The minimum Gasteiger partial charge on any atom is -0.334 e. The molecule has 1 amide bonds. The van der Waals surface area contributed by atoms with Crippen molar-refractivity contribution in [3.05, 3.63) is 45.7 Å². The second-order valence-electron chi connectivity index (χ2n) is 6.44. The van der Waals surface area contributed by atoms with E-state index in [1.807, 2.05) is 52.0 Å². The minimum atomic E-state index is -0.320. The van der Waals surface area contributed by atoms with Gasteiger partial charge in [-0.05, 0) is 44.7 Å². The highest BCUT2D eigenvalue weighted by Gasteiger charge is 2.24. The Balaban J connectivity index is 2.50. The van der Waals surface area contributed by atoms with E-state index < -0.39 is 0 Å². The zero-order chi connectivity index (χ0) is 15.8. The van der Waals surface area contributed by atoms with E-state index in [1.165, 1.54) is 6.92 Å². The fourth-order valence-electron chi connectivity index (χ4n) is 2.54. The minimum absolute atomic E-state index is 0.0359. The van der Waals surface area contributed by atoms with Gasteiger partial charge in [0.2, 0.25) is 5.91 Å². The van der Waals surface area contributed by atoms with Crippen molar-refractivity contribution in [2.24, 2.45) is 0 Å². The molecule has 0 aliphatic heterocycles. The first-order chi connectivity index (χ1) is 9.70. The summed E-state index contributed by atoms with van der Waals surface area (Å²) in [6, 6.07) is 7.78. The molecule has 2 aromatic rings. The second-order valence-corrected chi connectivity index (χ2v) is 6.44. The zero-order valence-corrected chi connectivity index (χ0v) is 13.3. The molecule has 0 aliphatic rings. The van der Waals surface area contributed by atoms with Crippen LogP contribution in [0.1, 0.15) is 38.8 Å². The van der Waals surface area contributed by atoms with Gasteiger partial charge < -0.3 is 9.88 Å². The lowest BCUT2D eigenvalue weighted by atomic mass is 10.0. The third kappa shape index (κ3) is 3.15. The van der Waals surface area contributed by atoms with E-state index in [-0.39, 0.29) is 17.0 Å². The molecule has 1 aromatic carbocycles. The molecule has 0 fully saturated rings. The Hall–Kier alpha value is -2.10. The number of para-hydroxylation sites is 1. The first kappa shape index (κ1) is 15.3. The molecule has 0 radical (unpaired) electrons.